The number of sulfonamides is 1. The molecule has 100 valence electrons. The summed E-state index contributed by atoms with van der Waals surface area (Å²) in [7, 11) is -1.86. The number of carbonyl (C=O) groups is 1. The molecule has 0 saturated heterocycles. The molecule has 18 heavy (non-hydrogen) atoms. The van der Waals surface area contributed by atoms with Crippen molar-refractivity contribution in [2.24, 2.45) is 0 Å². The van der Waals surface area contributed by atoms with Gasteiger partial charge in [-0.2, -0.15) is 0 Å². The van der Waals surface area contributed by atoms with Gasteiger partial charge in [0, 0.05) is 6.54 Å². The second-order valence-corrected chi connectivity index (χ2v) is 5.45. The zero-order chi connectivity index (χ0) is 13.6. The summed E-state index contributed by atoms with van der Waals surface area (Å²) >= 11 is 0. The largest absolute Gasteiger partial charge is 0.478 e. The number of hydrogen-bond acceptors (Lipinski definition) is 4. The van der Waals surface area contributed by atoms with Crippen LogP contribution in [0.1, 0.15) is 16.8 Å². The fourth-order valence-corrected chi connectivity index (χ4v) is 2.47. The van der Waals surface area contributed by atoms with Gasteiger partial charge in [-0.3, -0.25) is 0 Å². The van der Waals surface area contributed by atoms with Crippen molar-refractivity contribution in [3.63, 3.8) is 0 Å². The Bertz CT molecular complexity index is 514. The molecule has 3 N–H and O–H groups in total. The van der Waals surface area contributed by atoms with E-state index in [9.17, 15) is 13.2 Å². The van der Waals surface area contributed by atoms with Crippen molar-refractivity contribution in [3.8, 4) is 0 Å². The third kappa shape index (κ3) is 4.10. The molecule has 1 aromatic rings. The normalized spacial score (nSPS) is 11.4. The third-order valence-corrected chi connectivity index (χ3v) is 3.75. The van der Waals surface area contributed by atoms with Crippen LogP contribution < -0.4 is 10.0 Å². The molecule has 7 heteroatoms. The van der Waals surface area contributed by atoms with Gasteiger partial charge in [-0.25, -0.2) is 17.9 Å². The molecule has 0 bridgehead atoms. The van der Waals surface area contributed by atoms with Crippen LogP contribution in [0.4, 0.5) is 0 Å². The monoisotopic (exact) mass is 272 g/mol. The van der Waals surface area contributed by atoms with Crippen LogP contribution in [0.5, 0.6) is 0 Å². The van der Waals surface area contributed by atoms with Gasteiger partial charge in [0.2, 0.25) is 10.0 Å². The lowest BCUT2D eigenvalue weighted by Gasteiger charge is -2.07. The van der Waals surface area contributed by atoms with E-state index in [1.165, 1.54) is 18.2 Å². The van der Waals surface area contributed by atoms with Crippen molar-refractivity contribution in [2.45, 2.75) is 11.3 Å². The van der Waals surface area contributed by atoms with Gasteiger partial charge in [0.15, 0.2) is 0 Å². The fourth-order valence-electron chi connectivity index (χ4n) is 1.35. The van der Waals surface area contributed by atoms with Gasteiger partial charge in [0.25, 0.3) is 0 Å². The van der Waals surface area contributed by atoms with E-state index in [0.717, 1.165) is 6.07 Å². The van der Waals surface area contributed by atoms with E-state index in [0.29, 0.717) is 19.5 Å². The standard InChI is InChI=1S/C11H16N2O4S/c1-12-6-3-7-13-18(16,17)10-5-2-4-9(8-10)11(14)15/h2,4-5,8,12-13H,3,6-7H2,1H3,(H,14,15). The number of carboxylic acid groups (broad SMARTS) is 1. The molecule has 0 saturated carbocycles. The maximum Gasteiger partial charge on any atom is 0.335 e. The molecule has 0 amide bonds. The second-order valence-electron chi connectivity index (χ2n) is 3.69. The van der Waals surface area contributed by atoms with Gasteiger partial charge in [-0.15, -0.1) is 0 Å². The predicted molar refractivity (Wildman–Crippen MR) is 67.1 cm³/mol. The first-order valence-electron chi connectivity index (χ1n) is 5.45. The average molecular weight is 272 g/mol. The summed E-state index contributed by atoms with van der Waals surface area (Å²) in [6.07, 6.45) is 0.661. The van der Waals surface area contributed by atoms with Crippen LogP contribution in [0, 0.1) is 0 Å². The molecule has 0 atom stereocenters. The highest BCUT2D eigenvalue weighted by Gasteiger charge is 2.15. The Morgan fingerprint density at radius 2 is 2.06 bits per heavy atom. The van der Waals surface area contributed by atoms with Gasteiger partial charge in [-0.1, -0.05) is 6.07 Å². The number of nitrogens with one attached hydrogen (secondary N) is 2. The lowest BCUT2D eigenvalue weighted by molar-refractivity contribution is 0.0696. The highest BCUT2D eigenvalue weighted by molar-refractivity contribution is 7.89. The van der Waals surface area contributed by atoms with Crippen molar-refractivity contribution >= 4 is 16.0 Å². The Balaban J connectivity index is 2.78. The molecule has 1 rings (SSSR count). The minimum Gasteiger partial charge on any atom is -0.478 e. The highest BCUT2D eigenvalue weighted by atomic mass is 32.2. The Hall–Kier alpha value is -1.44. The van der Waals surface area contributed by atoms with E-state index in [4.69, 9.17) is 5.11 Å². The molecular weight excluding hydrogens is 256 g/mol. The number of rotatable bonds is 7. The minimum absolute atomic E-state index is 0.0353. The van der Waals surface area contributed by atoms with E-state index in [2.05, 4.69) is 10.0 Å². The number of carboxylic acids is 1. The predicted octanol–water partition coefficient (Wildman–Crippen LogP) is 0.273. The van der Waals surface area contributed by atoms with Crippen LogP contribution in [0.25, 0.3) is 0 Å². The first-order chi connectivity index (χ1) is 8.47. The molecule has 0 aliphatic rings. The van der Waals surface area contributed by atoms with Crippen LogP contribution in [0.15, 0.2) is 29.2 Å². The number of aromatic carboxylic acids is 1. The van der Waals surface area contributed by atoms with Gasteiger partial charge in [0.05, 0.1) is 10.5 Å². The first kappa shape index (κ1) is 14.6. The van der Waals surface area contributed by atoms with Crippen LogP contribution in [0.2, 0.25) is 0 Å². The van der Waals surface area contributed by atoms with E-state index in [1.807, 2.05) is 0 Å². The molecule has 0 fully saturated rings. The van der Waals surface area contributed by atoms with Gasteiger partial charge in [-0.05, 0) is 38.2 Å². The smallest absolute Gasteiger partial charge is 0.335 e. The van der Waals surface area contributed by atoms with E-state index >= 15 is 0 Å². The molecule has 6 nitrogen and oxygen atoms in total. The molecule has 0 heterocycles. The maximum atomic E-state index is 11.8. The summed E-state index contributed by atoms with van der Waals surface area (Å²) in [6, 6.07) is 5.27. The third-order valence-electron chi connectivity index (χ3n) is 2.29. The SMILES string of the molecule is CNCCCNS(=O)(=O)c1cccc(C(=O)O)c1. The molecule has 0 spiro atoms. The number of benzene rings is 1. The first-order valence-corrected chi connectivity index (χ1v) is 6.93. The van der Waals surface area contributed by atoms with Crippen molar-refractivity contribution < 1.29 is 18.3 Å². The van der Waals surface area contributed by atoms with Crippen molar-refractivity contribution in [1.29, 1.82) is 0 Å². The van der Waals surface area contributed by atoms with Crippen LogP contribution >= 0.6 is 0 Å². The van der Waals surface area contributed by atoms with E-state index < -0.39 is 16.0 Å². The summed E-state index contributed by atoms with van der Waals surface area (Å²) in [6.45, 7) is 1.01. The maximum absolute atomic E-state index is 11.8. The summed E-state index contributed by atoms with van der Waals surface area (Å²) in [5, 5.41) is 11.7. The van der Waals surface area contributed by atoms with Gasteiger partial charge in [0.1, 0.15) is 0 Å². The molecule has 0 aliphatic carbocycles. The Morgan fingerprint density at radius 3 is 2.67 bits per heavy atom. The lowest BCUT2D eigenvalue weighted by Crippen LogP contribution is -2.27. The van der Waals surface area contributed by atoms with Crippen molar-refractivity contribution in [1.82, 2.24) is 10.0 Å². The molecule has 0 aliphatic heterocycles. The second kappa shape index (κ2) is 6.48. The molecule has 0 unspecified atom stereocenters. The zero-order valence-corrected chi connectivity index (χ0v) is 10.8. The van der Waals surface area contributed by atoms with Gasteiger partial charge < -0.3 is 10.4 Å². The topological polar surface area (TPSA) is 95.5 Å². The molecular formula is C11H16N2O4S. The summed E-state index contributed by atoms with van der Waals surface area (Å²) < 4.78 is 26.1. The number of hydrogen-bond donors (Lipinski definition) is 3. The van der Waals surface area contributed by atoms with E-state index in [1.54, 1.807) is 7.05 Å². The minimum atomic E-state index is -3.64. The van der Waals surface area contributed by atoms with Crippen LogP contribution in [-0.4, -0.2) is 39.6 Å². The fraction of sp³-hybridized carbons (Fsp3) is 0.364. The van der Waals surface area contributed by atoms with Crippen LogP contribution in [0.3, 0.4) is 0 Å². The Kier molecular flexibility index (Phi) is 5.26. The van der Waals surface area contributed by atoms with Gasteiger partial charge >= 0.3 is 5.97 Å². The van der Waals surface area contributed by atoms with Crippen LogP contribution in [-0.2, 0) is 10.0 Å². The summed E-state index contributed by atoms with van der Waals surface area (Å²) in [5.41, 5.74) is -0.0481. The zero-order valence-electron chi connectivity index (χ0n) is 10.0. The van der Waals surface area contributed by atoms with Crippen molar-refractivity contribution in [2.75, 3.05) is 20.1 Å². The Morgan fingerprint density at radius 1 is 1.33 bits per heavy atom. The average Bonchev–Trinajstić information content (AvgIpc) is 2.35. The highest BCUT2D eigenvalue weighted by Crippen LogP contribution is 2.11. The molecule has 0 radical (unpaired) electrons. The summed E-state index contributed by atoms with van der Waals surface area (Å²) in [4.78, 5) is 10.7. The Labute approximate surface area is 106 Å². The van der Waals surface area contributed by atoms with Crippen molar-refractivity contribution in [3.05, 3.63) is 29.8 Å². The molecule has 0 aromatic heterocycles. The van der Waals surface area contributed by atoms with E-state index in [-0.39, 0.29) is 10.5 Å². The lowest BCUT2D eigenvalue weighted by atomic mass is 10.2. The summed E-state index contributed by atoms with van der Waals surface area (Å²) in [5.74, 6) is -1.15. The molecule has 1 aromatic carbocycles. The quantitative estimate of drug-likeness (QED) is 0.619.